The first kappa shape index (κ1) is 11.0. The van der Waals surface area contributed by atoms with Crippen LogP contribution in [0.1, 0.15) is 24.8 Å². The maximum absolute atomic E-state index is 9.37. The molecule has 1 aliphatic heterocycles. The van der Waals surface area contributed by atoms with Crippen molar-refractivity contribution in [1.82, 2.24) is 0 Å². The van der Waals surface area contributed by atoms with Gasteiger partial charge in [0.1, 0.15) is 6.07 Å². The molecule has 0 amide bonds. The van der Waals surface area contributed by atoms with E-state index in [9.17, 15) is 5.26 Å². The zero-order valence-corrected chi connectivity index (χ0v) is 10.8. The van der Waals surface area contributed by atoms with E-state index in [4.69, 9.17) is 0 Å². The number of rotatable bonds is 2. The summed E-state index contributed by atoms with van der Waals surface area (Å²) < 4.78 is 0. The van der Waals surface area contributed by atoms with Crippen LogP contribution in [0.3, 0.4) is 0 Å². The van der Waals surface area contributed by atoms with E-state index in [2.05, 4.69) is 23.1 Å². The highest BCUT2D eigenvalue weighted by Gasteiger charge is 2.38. The summed E-state index contributed by atoms with van der Waals surface area (Å²) in [6.07, 6.45) is 6.05. The summed E-state index contributed by atoms with van der Waals surface area (Å²) in [5.74, 6) is 0.865. The number of hydrogen-bond donors (Lipinski definition) is 0. The van der Waals surface area contributed by atoms with Crippen molar-refractivity contribution >= 4 is 17.4 Å². The number of nitriles is 1. The van der Waals surface area contributed by atoms with E-state index in [0.717, 1.165) is 28.6 Å². The Labute approximate surface area is 107 Å². The van der Waals surface area contributed by atoms with Crippen molar-refractivity contribution in [3.8, 4) is 6.07 Å². The summed E-state index contributed by atoms with van der Waals surface area (Å²) in [4.78, 5) is 3.57. The average molecular weight is 244 g/mol. The minimum absolute atomic E-state index is 0.684. The molecule has 1 saturated heterocycles. The smallest absolute Gasteiger partial charge is 0.103 e. The number of thioether (sulfide) groups is 1. The SMILES string of the molecule is CSc1cccc(N2CC3CCC2C3)c1C#N. The van der Waals surface area contributed by atoms with Crippen molar-refractivity contribution in [1.29, 1.82) is 5.26 Å². The Morgan fingerprint density at radius 3 is 2.88 bits per heavy atom. The molecule has 0 aromatic heterocycles. The van der Waals surface area contributed by atoms with Gasteiger partial charge >= 0.3 is 0 Å². The second kappa shape index (κ2) is 4.27. The lowest BCUT2D eigenvalue weighted by Crippen LogP contribution is -2.32. The number of nitrogens with zero attached hydrogens (tertiary/aromatic N) is 2. The molecule has 2 bridgehead atoms. The highest BCUT2D eigenvalue weighted by Crippen LogP contribution is 2.42. The van der Waals surface area contributed by atoms with Gasteiger partial charge in [-0.2, -0.15) is 5.26 Å². The van der Waals surface area contributed by atoms with E-state index >= 15 is 0 Å². The molecule has 17 heavy (non-hydrogen) atoms. The fourth-order valence-corrected chi connectivity index (χ4v) is 3.83. The highest BCUT2D eigenvalue weighted by atomic mass is 32.2. The topological polar surface area (TPSA) is 27.0 Å². The molecular formula is C14H16N2S. The number of piperidine rings is 1. The van der Waals surface area contributed by atoms with Gasteiger partial charge in [0.25, 0.3) is 0 Å². The zero-order chi connectivity index (χ0) is 11.8. The Hall–Kier alpha value is -1.14. The molecule has 0 N–H and O–H groups in total. The van der Waals surface area contributed by atoms with Crippen LogP contribution in [0.5, 0.6) is 0 Å². The molecule has 1 heterocycles. The van der Waals surface area contributed by atoms with Crippen molar-refractivity contribution in [3.63, 3.8) is 0 Å². The van der Waals surface area contributed by atoms with E-state index in [-0.39, 0.29) is 0 Å². The van der Waals surface area contributed by atoms with Gasteiger partial charge in [-0.05, 0) is 43.6 Å². The van der Waals surface area contributed by atoms with Gasteiger partial charge < -0.3 is 4.90 Å². The third-order valence-corrected chi connectivity index (χ3v) is 4.83. The van der Waals surface area contributed by atoms with Crippen molar-refractivity contribution in [3.05, 3.63) is 23.8 Å². The lowest BCUT2D eigenvalue weighted by atomic mass is 10.1. The highest BCUT2D eigenvalue weighted by molar-refractivity contribution is 7.98. The normalized spacial score (nSPS) is 26.2. The van der Waals surface area contributed by atoms with Crippen molar-refractivity contribution in [2.45, 2.75) is 30.2 Å². The molecule has 1 aromatic carbocycles. The molecule has 1 aliphatic carbocycles. The maximum atomic E-state index is 9.37. The molecule has 1 saturated carbocycles. The molecule has 3 heteroatoms. The third kappa shape index (κ3) is 1.71. The lowest BCUT2D eigenvalue weighted by Gasteiger charge is -2.30. The molecule has 3 rings (SSSR count). The van der Waals surface area contributed by atoms with Crippen LogP contribution in [-0.2, 0) is 0 Å². The first-order chi connectivity index (χ1) is 8.33. The Balaban J connectivity index is 2.01. The van der Waals surface area contributed by atoms with E-state index < -0.39 is 0 Å². The number of hydrogen-bond acceptors (Lipinski definition) is 3. The molecule has 88 valence electrons. The summed E-state index contributed by atoms with van der Waals surface area (Å²) in [6, 6.07) is 9.30. The fraction of sp³-hybridized carbons (Fsp3) is 0.500. The predicted molar refractivity (Wildman–Crippen MR) is 71.4 cm³/mol. The first-order valence-electron chi connectivity index (χ1n) is 6.17. The summed E-state index contributed by atoms with van der Waals surface area (Å²) in [6.45, 7) is 1.15. The van der Waals surface area contributed by atoms with Crippen LogP contribution in [0.2, 0.25) is 0 Å². The summed E-state index contributed by atoms with van der Waals surface area (Å²) in [7, 11) is 0. The number of benzene rings is 1. The van der Waals surface area contributed by atoms with Crippen molar-refractivity contribution in [2.75, 3.05) is 17.7 Å². The van der Waals surface area contributed by atoms with Crippen LogP contribution >= 0.6 is 11.8 Å². The molecule has 1 aromatic rings. The Bertz CT molecular complexity index is 478. The van der Waals surface area contributed by atoms with E-state index in [0.29, 0.717) is 6.04 Å². The average Bonchev–Trinajstić information content (AvgIpc) is 2.99. The second-order valence-electron chi connectivity index (χ2n) is 4.95. The fourth-order valence-electron chi connectivity index (χ4n) is 3.26. The molecule has 2 nitrogen and oxygen atoms in total. The Kier molecular flexibility index (Phi) is 2.76. The molecule has 2 unspecified atom stereocenters. The van der Waals surface area contributed by atoms with Crippen molar-refractivity contribution < 1.29 is 0 Å². The van der Waals surface area contributed by atoms with Crippen molar-refractivity contribution in [2.24, 2.45) is 5.92 Å². The standard InChI is InChI=1S/C14H16N2S/c1-17-14-4-2-3-13(12(14)8-15)16-9-10-5-6-11(16)7-10/h2-4,10-11H,5-7,9H2,1H3. The summed E-state index contributed by atoms with van der Waals surface area (Å²) in [5.41, 5.74) is 2.03. The number of fused-ring (bicyclic) bond motifs is 2. The largest absolute Gasteiger partial charge is 0.367 e. The van der Waals surface area contributed by atoms with Crippen LogP contribution in [-0.4, -0.2) is 18.8 Å². The van der Waals surface area contributed by atoms with Gasteiger partial charge in [-0.3, -0.25) is 0 Å². The monoisotopic (exact) mass is 244 g/mol. The van der Waals surface area contributed by atoms with Gasteiger partial charge in [-0.15, -0.1) is 11.8 Å². The maximum Gasteiger partial charge on any atom is 0.103 e. The van der Waals surface area contributed by atoms with Gasteiger partial charge in [-0.1, -0.05) is 6.07 Å². The molecule has 2 fully saturated rings. The van der Waals surface area contributed by atoms with Gasteiger partial charge in [0.05, 0.1) is 11.3 Å². The van der Waals surface area contributed by atoms with Crippen LogP contribution in [0.25, 0.3) is 0 Å². The molecule has 2 aliphatic rings. The van der Waals surface area contributed by atoms with Crippen LogP contribution in [0.15, 0.2) is 23.1 Å². The number of anilines is 1. The molecule has 2 atom stereocenters. The van der Waals surface area contributed by atoms with E-state index in [1.165, 1.54) is 19.3 Å². The second-order valence-corrected chi connectivity index (χ2v) is 5.80. The van der Waals surface area contributed by atoms with Gasteiger partial charge in [-0.25, -0.2) is 0 Å². The summed E-state index contributed by atoms with van der Waals surface area (Å²) in [5, 5.41) is 9.37. The molecule has 0 radical (unpaired) electrons. The first-order valence-corrected chi connectivity index (χ1v) is 7.39. The van der Waals surface area contributed by atoms with Crippen LogP contribution in [0, 0.1) is 17.2 Å². The Morgan fingerprint density at radius 1 is 1.41 bits per heavy atom. The minimum Gasteiger partial charge on any atom is -0.367 e. The zero-order valence-electron chi connectivity index (χ0n) is 10.0. The minimum atomic E-state index is 0.684. The lowest BCUT2D eigenvalue weighted by molar-refractivity contribution is 0.553. The third-order valence-electron chi connectivity index (χ3n) is 4.05. The van der Waals surface area contributed by atoms with Gasteiger partial charge in [0.2, 0.25) is 0 Å². The molecule has 0 spiro atoms. The van der Waals surface area contributed by atoms with E-state index in [1.807, 2.05) is 12.3 Å². The van der Waals surface area contributed by atoms with E-state index in [1.54, 1.807) is 11.8 Å². The van der Waals surface area contributed by atoms with Crippen LogP contribution < -0.4 is 4.90 Å². The van der Waals surface area contributed by atoms with Gasteiger partial charge in [0, 0.05) is 17.5 Å². The summed E-state index contributed by atoms with van der Waals surface area (Å²) >= 11 is 1.66. The van der Waals surface area contributed by atoms with Gasteiger partial charge in [0.15, 0.2) is 0 Å². The van der Waals surface area contributed by atoms with Crippen LogP contribution in [0.4, 0.5) is 5.69 Å². The molecular weight excluding hydrogens is 228 g/mol. The Morgan fingerprint density at radius 2 is 2.29 bits per heavy atom. The predicted octanol–water partition coefficient (Wildman–Crippen LogP) is 3.27. The quantitative estimate of drug-likeness (QED) is 0.747.